The fourth-order valence-electron chi connectivity index (χ4n) is 3.04. The molecule has 1 amide bonds. The summed E-state index contributed by atoms with van der Waals surface area (Å²) in [6.45, 7) is 2.18. The number of amides is 1. The average Bonchev–Trinajstić information content (AvgIpc) is 2.70. The molecule has 6 heteroatoms. The van der Waals surface area contributed by atoms with E-state index in [4.69, 9.17) is 0 Å². The molecule has 2 aromatic heterocycles. The highest BCUT2D eigenvalue weighted by Crippen LogP contribution is 2.23. The Bertz CT molecular complexity index is 1220. The van der Waals surface area contributed by atoms with Gasteiger partial charge in [-0.25, -0.2) is 4.68 Å². The van der Waals surface area contributed by atoms with Gasteiger partial charge in [-0.3, -0.25) is 14.6 Å². The summed E-state index contributed by atoms with van der Waals surface area (Å²) in [6, 6.07) is 21.7. The SMILES string of the molecule is Cc1cc(NC(=O)c2ccc(=O)n(Cc3ccccc3)n2)c2ccccc2n1. The lowest BCUT2D eigenvalue weighted by Crippen LogP contribution is -2.26. The maximum Gasteiger partial charge on any atom is 0.276 e. The number of nitrogens with zero attached hydrogens (tertiary/aromatic N) is 3. The molecule has 0 radical (unpaired) electrons. The Morgan fingerprint density at radius 1 is 1.00 bits per heavy atom. The van der Waals surface area contributed by atoms with Crippen LogP contribution in [0.4, 0.5) is 5.69 Å². The summed E-state index contributed by atoms with van der Waals surface area (Å²) in [6.07, 6.45) is 0. The van der Waals surface area contributed by atoms with E-state index in [0.29, 0.717) is 12.2 Å². The molecular formula is C22H18N4O2. The Balaban J connectivity index is 1.64. The highest BCUT2D eigenvalue weighted by atomic mass is 16.2. The third kappa shape index (κ3) is 3.66. The molecular weight excluding hydrogens is 352 g/mol. The smallest absolute Gasteiger partial charge is 0.276 e. The molecule has 0 saturated carbocycles. The second kappa shape index (κ2) is 7.44. The Morgan fingerprint density at radius 3 is 2.57 bits per heavy atom. The number of pyridine rings is 1. The van der Waals surface area contributed by atoms with E-state index in [1.54, 1.807) is 0 Å². The zero-order valence-electron chi connectivity index (χ0n) is 15.3. The van der Waals surface area contributed by atoms with Crippen LogP contribution in [0.5, 0.6) is 0 Å². The van der Waals surface area contributed by atoms with Crippen molar-refractivity contribution in [1.82, 2.24) is 14.8 Å². The van der Waals surface area contributed by atoms with Crippen molar-refractivity contribution in [2.75, 3.05) is 5.32 Å². The molecule has 1 N–H and O–H groups in total. The Hall–Kier alpha value is -3.80. The quantitative estimate of drug-likeness (QED) is 0.597. The monoisotopic (exact) mass is 370 g/mol. The third-order valence-corrected chi connectivity index (χ3v) is 4.37. The Kier molecular flexibility index (Phi) is 4.68. The van der Waals surface area contributed by atoms with Crippen molar-refractivity contribution < 1.29 is 4.79 Å². The molecule has 4 rings (SSSR count). The number of aryl methyl sites for hydroxylation is 1. The first-order valence-corrected chi connectivity index (χ1v) is 8.90. The Labute approximate surface area is 161 Å². The molecule has 0 aliphatic carbocycles. The zero-order chi connectivity index (χ0) is 19.5. The van der Waals surface area contributed by atoms with Crippen LogP contribution >= 0.6 is 0 Å². The summed E-state index contributed by atoms with van der Waals surface area (Å²) < 4.78 is 1.29. The summed E-state index contributed by atoms with van der Waals surface area (Å²) in [5.74, 6) is -0.377. The van der Waals surface area contributed by atoms with E-state index in [-0.39, 0.29) is 17.2 Å². The molecule has 28 heavy (non-hydrogen) atoms. The number of aromatic nitrogens is 3. The van der Waals surface area contributed by atoms with E-state index in [1.807, 2.05) is 67.6 Å². The van der Waals surface area contributed by atoms with Gasteiger partial charge in [0, 0.05) is 17.1 Å². The van der Waals surface area contributed by atoms with Gasteiger partial charge < -0.3 is 5.32 Å². The van der Waals surface area contributed by atoms with Gasteiger partial charge in [-0.15, -0.1) is 0 Å². The van der Waals surface area contributed by atoms with Gasteiger partial charge in [0.1, 0.15) is 5.69 Å². The fraction of sp³-hybridized carbons (Fsp3) is 0.0909. The lowest BCUT2D eigenvalue weighted by atomic mass is 10.1. The molecule has 0 fully saturated rings. The van der Waals surface area contributed by atoms with Crippen molar-refractivity contribution in [1.29, 1.82) is 0 Å². The molecule has 0 bridgehead atoms. The van der Waals surface area contributed by atoms with E-state index >= 15 is 0 Å². The van der Waals surface area contributed by atoms with Crippen LogP contribution in [0.1, 0.15) is 21.7 Å². The molecule has 0 aliphatic heterocycles. The number of benzene rings is 2. The number of fused-ring (bicyclic) bond motifs is 1. The second-order valence-electron chi connectivity index (χ2n) is 6.48. The van der Waals surface area contributed by atoms with Crippen LogP contribution in [-0.2, 0) is 6.54 Å². The van der Waals surface area contributed by atoms with Gasteiger partial charge in [0.15, 0.2) is 0 Å². The van der Waals surface area contributed by atoms with Crippen LogP contribution in [0.25, 0.3) is 10.9 Å². The number of anilines is 1. The minimum Gasteiger partial charge on any atom is -0.320 e. The van der Waals surface area contributed by atoms with Gasteiger partial charge in [-0.2, -0.15) is 5.10 Å². The molecule has 138 valence electrons. The number of para-hydroxylation sites is 1. The van der Waals surface area contributed by atoms with Crippen molar-refractivity contribution >= 4 is 22.5 Å². The average molecular weight is 370 g/mol. The van der Waals surface area contributed by atoms with Crippen LogP contribution in [0.15, 0.2) is 77.6 Å². The number of carbonyl (C=O) groups is 1. The first-order valence-electron chi connectivity index (χ1n) is 8.90. The molecule has 0 aliphatic rings. The van der Waals surface area contributed by atoms with Crippen molar-refractivity contribution in [2.24, 2.45) is 0 Å². The van der Waals surface area contributed by atoms with Crippen molar-refractivity contribution in [3.8, 4) is 0 Å². The van der Waals surface area contributed by atoms with Crippen molar-refractivity contribution in [3.63, 3.8) is 0 Å². The maximum atomic E-state index is 12.8. The maximum absolute atomic E-state index is 12.8. The number of hydrogen-bond acceptors (Lipinski definition) is 4. The molecule has 2 heterocycles. The third-order valence-electron chi connectivity index (χ3n) is 4.37. The molecule has 0 spiro atoms. The van der Waals surface area contributed by atoms with Gasteiger partial charge in [-0.1, -0.05) is 48.5 Å². The number of rotatable bonds is 4. The molecule has 2 aromatic carbocycles. The normalized spacial score (nSPS) is 10.8. The molecule has 0 atom stereocenters. The highest BCUT2D eigenvalue weighted by Gasteiger charge is 2.13. The van der Waals surface area contributed by atoms with Gasteiger partial charge in [-0.05, 0) is 30.7 Å². The lowest BCUT2D eigenvalue weighted by Gasteiger charge is -2.10. The predicted molar refractivity (Wildman–Crippen MR) is 108 cm³/mol. The second-order valence-corrected chi connectivity index (χ2v) is 6.48. The van der Waals surface area contributed by atoms with E-state index in [1.165, 1.54) is 16.8 Å². The summed E-state index contributed by atoms with van der Waals surface area (Å²) in [7, 11) is 0. The van der Waals surface area contributed by atoms with Gasteiger partial charge in [0.25, 0.3) is 11.5 Å². The number of nitrogens with one attached hydrogen (secondary N) is 1. The van der Waals surface area contributed by atoms with Gasteiger partial charge >= 0.3 is 0 Å². The van der Waals surface area contributed by atoms with E-state index in [0.717, 1.165) is 22.2 Å². The van der Waals surface area contributed by atoms with Gasteiger partial charge in [0.2, 0.25) is 0 Å². The predicted octanol–water partition coefficient (Wildman–Crippen LogP) is 3.40. The van der Waals surface area contributed by atoms with Crippen LogP contribution in [0.3, 0.4) is 0 Å². The zero-order valence-corrected chi connectivity index (χ0v) is 15.3. The topological polar surface area (TPSA) is 76.9 Å². The van der Waals surface area contributed by atoms with Crippen LogP contribution in [0, 0.1) is 6.92 Å². The summed E-state index contributed by atoms with van der Waals surface area (Å²) in [5.41, 5.74) is 3.12. The fourth-order valence-corrected chi connectivity index (χ4v) is 3.04. The molecule has 0 saturated heterocycles. The van der Waals surface area contributed by atoms with Crippen LogP contribution < -0.4 is 10.9 Å². The first-order chi connectivity index (χ1) is 13.6. The summed E-state index contributed by atoms with van der Waals surface area (Å²) in [5, 5.41) is 7.98. The standard InChI is InChI=1S/C22H18N4O2/c1-15-13-20(17-9-5-6-10-18(17)23-15)24-22(28)19-11-12-21(27)26(25-19)14-16-7-3-2-4-8-16/h2-13H,14H2,1H3,(H,23,24,28). The minimum atomic E-state index is -0.377. The van der Waals surface area contributed by atoms with E-state index in [2.05, 4.69) is 15.4 Å². The van der Waals surface area contributed by atoms with Crippen molar-refractivity contribution in [3.05, 3.63) is 100 Å². The van der Waals surface area contributed by atoms with E-state index in [9.17, 15) is 9.59 Å². The molecule has 6 nitrogen and oxygen atoms in total. The lowest BCUT2D eigenvalue weighted by molar-refractivity contribution is 0.102. The van der Waals surface area contributed by atoms with E-state index < -0.39 is 0 Å². The summed E-state index contributed by atoms with van der Waals surface area (Å²) >= 11 is 0. The molecule has 4 aromatic rings. The summed E-state index contributed by atoms with van der Waals surface area (Å²) in [4.78, 5) is 29.4. The molecule has 0 unspecified atom stereocenters. The minimum absolute atomic E-state index is 0.175. The van der Waals surface area contributed by atoms with Crippen molar-refractivity contribution in [2.45, 2.75) is 13.5 Å². The number of hydrogen-bond donors (Lipinski definition) is 1. The van der Waals surface area contributed by atoms with Crippen LogP contribution in [-0.4, -0.2) is 20.7 Å². The Morgan fingerprint density at radius 2 is 1.75 bits per heavy atom. The van der Waals surface area contributed by atoms with Crippen LogP contribution in [0.2, 0.25) is 0 Å². The largest absolute Gasteiger partial charge is 0.320 e. The number of carbonyl (C=O) groups excluding carboxylic acids is 1. The highest BCUT2D eigenvalue weighted by molar-refractivity contribution is 6.07. The van der Waals surface area contributed by atoms with Gasteiger partial charge in [0.05, 0.1) is 17.7 Å². The first kappa shape index (κ1) is 17.6.